The molecule has 0 heterocycles. The second-order valence-corrected chi connectivity index (χ2v) is 4.77. The molecule has 0 saturated carbocycles. The molecule has 0 aliphatic heterocycles. The van der Waals surface area contributed by atoms with E-state index in [1.807, 2.05) is 6.07 Å². The average molecular weight is 298 g/mol. The molecule has 0 bridgehead atoms. The number of hydrogen-bond acceptors (Lipinski definition) is 3. The van der Waals surface area contributed by atoms with E-state index in [1.165, 1.54) is 0 Å². The molecule has 2 rings (SSSR count). The summed E-state index contributed by atoms with van der Waals surface area (Å²) in [7, 11) is 1.59. The summed E-state index contributed by atoms with van der Waals surface area (Å²) in [5, 5.41) is 1.16. The van der Waals surface area contributed by atoms with E-state index in [1.54, 1.807) is 37.4 Å². The van der Waals surface area contributed by atoms with Gasteiger partial charge in [-0.1, -0.05) is 29.3 Å². The standard InChI is InChI=1S/C14H13Cl2NO2/c1-18-11-4-5-13(17)14(7-11)19-8-9-2-3-10(15)6-12(9)16/h2-7H,8,17H2,1H3. The predicted octanol–water partition coefficient (Wildman–Crippen LogP) is 4.16. The van der Waals surface area contributed by atoms with Gasteiger partial charge in [0.2, 0.25) is 0 Å². The number of benzene rings is 2. The summed E-state index contributed by atoms with van der Waals surface area (Å²) >= 11 is 11.9. The van der Waals surface area contributed by atoms with E-state index in [0.717, 1.165) is 5.56 Å². The van der Waals surface area contributed by atoms with Crippen LogP contribution in [-0.4, -0.2) is 7.11 Å². The molecule has 2 aromatic rings. The molecule has 0 aliphatic rings. The molecule has 19 heavy (non-hydrogen) atoms. The molecule has 2 aromatic carbocycles. The monoisotopic (exact) mass is 297 g/mol. The minimum Gasteiger partial charge on any atom is -0.497 e. The van der Waals surface area contributed by atoms with Crippen LogP contribution < -0.4 is 15.2 Å². The molecule has 5 heteroatoms. The van der Waals surface area contributed by atoms with Crippen molar-refractivity contribution in [1.29, 1.82) is 0 Å². The highest BCUT2D eigenvalue weighted by atomic mass is 35.5. The lowest BCUT2D eigenvalue weighted by atomic mass is 10.2. The van der Waals surface area contributed by atoms with E-state index in [-0.39, 0.29) is 0 Å². The molecular weight excluding hydrogens is 285 g/mol. The molecule has 100 valence electrons. The smallest absolute Gasteiger partial charge is 0.146 e. The number of rotatable bonds is 4. The van der Waals surface area contributed by atoms with E-state index in [2.05, 4.69) is 0 Å². The zero-order valence-corrected chi connectivity index (χ0v) is 11.8. The Balaban J connectivity index is 2.14. The van der Waals surface area contributed by atoms with Crippen molar-refractivity contribution in [2.75, 3.05) is 12.8 Å². The van der Waals surface area contributed by atoms with Crippen molar-refractivity contribution in [2.45, 2.75) is 6.61 Å². The number of halogens is 2. The number of nitrogens with two attached hydrogens (primary N) is 1. The van der Waals surface area contributed by atoms with Gasteiger partial charge in [-0.2, -0.15) is 0 Å². The molecule has 0 fully saturated rings. The Morgan fingerprint density at radius 1 is 1.11 bits per heavy atom. The second kappa shape index (κ2) is 6.04. The average Bonchev–Trinajstić information content (AvgIpc) is 2.39. The lowest BCUT2D eigenvalue weighted by Crippen LogP contribution is -2.00. The topological polar surface area (TPSA) is 44.5 Å². The third-order valence-electron chi connectivity index (χ3n) is 2.62. The van der Waals surface area contributed by atoms with Crippen molar-refractivity contribution >= 4 is 28.9 Å². The van der Waals surface area contributed by atoms with Crippen molar-refractivity contribution in [3.8, 4) is 11.5 Å². The molecule has 0 saturated heterocycles. The van der Waals surface area contributed by atoms with Crippen LogP contribution in [0.2, 0.25) is 10.0 Å². The Hall–Kier alpha value is -1.58. The van der Waals surface area contributed by atoms with Crippen molar-refractivity contribution < 1.29 is 9.47 Å². The van der Waals surface area contributed by atoms with Crippen molar-refractivity contribution in [2.24, 2.45) is 0 Å². The first-order chi connectivity index (χ1) is 9.10. The normalized spacial score (nSPS) is 10.3. The van der Waals surface area contributed by atoms with Crippen LogP contribution in [0, 0.1) is 0 Å². The Morgan fingerprint density at radius 3 is 2.58 bits per heavy atom. The first-order valence-electron chi connectivity index (χ1n) is 5.60. The number of ether oxygens (including phenoxy) is 2. The maximum Gasteiger partial charge on any atom is 0.146 e. The molecule has 0 unspecified atom stereocenters. The Labute approximate surface area is 121 Å². The first-order valence-corrected chi connectivity index (χ1v) is 6.36. The molecule has 0 spiro atoms. The van der Waals surface area contributed by atoms with Gasteiger partial charge < -0.3 is 15.2 Å². The summed E-state index contributed by atoms with van der Waals surface area (Å²) in [5.41, 5.74) is 7.22. The van der Waals surface area contributed by atoms with Gasteiger partial charge in [0.1, 0.15) is 18.1 Å². The summed E-state index contributed by atoms with van der Waals surface area (Å²) in [6.07, 6.45) is 0. The van der Waals surface area contributed by atoms with Crippen molar-refractivity contribution in [1.82, 2.24) is 0 Å². The molecule has 0 aromatic heterocycles. The van der Waals surface area contributed by atoms with Crippen LogP contribution in [0.3, 0.4) is 0 Å². The summed E-state index contributed by atoms with van der Waals surface area (Å²) in [4.78, 5) is 0. The minimum absolute atomic E-state index is 0.313. The Morgan fingerprint density at radius 2 is 1.89 bits per heavy atom. The highest BCUT2D eigenvalue weighted by Crippen LogP contribution is 2.28. The highest BCUT2D eigenvalue weighted by Gasteiger charge is 2.06. The zero-order chi connectivity index (χ0) is 13.8. The molecule has 0 aliphatic carbocycles. The van der Waals surface area contributed by atoms with Gasteiger partial charge in [0.15, 0.2) is 0 Å². The van der Waals surface area contributed by atoms with Gasteiger partial charge >= 0.3 is 0 Å². The first kappa shape index (κ1) is 13.8. The van der Waals surface area contributed by atoms with Crippen LogP contribution in [0.1, 0.15) is 5.56 Å². The second-order valence-electron chi connectivity index (χ2n) is 3.93. The van der Waals surface area contributed by atoms with Gasteiger partial charge in [-0.25, -0.2) is 0 Å². The van der Waals surface area contributed by atoms with Crippen LogP contribution in [-0.2, 0) is 6.61 Å². The van der Waals surface area contributed by atoms with Gasteiger partial charge in [-0.05, 0) is 24.3 Å². The van der Waals surface area contributed by atoms with Gasteiger partial charge in [0.25, 0.3) is 0 Å². The van der Waals surface area contributed by atoms with Crippen LogP contribution in [0.25, 0.3) is 0 Å². The third kappa shape index (κ3) is 3.46. The summed E-state index contributed by atoms with van der Waals surface area (Å²) < 4.78 is 10.8. The zero-order valence-electron chi connectivity index (χ0n) is 10.3. The Kier molecular flexibility index (Phi) is 4.40. The molecule has 0 radical (unpaired) electrons. The van der Waals surface area contributed by atoms with E-state index in [9.17, 15) is 0 Å². The fraction of sp³-hybridized carbons (Fsp3) is 0.143. The van der Waals surface area contributed by atoms with E-state index in [4.69, 9.17) is 38.4 Å². The van der Waals surface area contributed by atoms with E-state index in [0.29, 0.717) is 33.8 Å². The Bertz CT molecular complexity index is 588. The van der Waals surface area contributed by atoms with Crippen LogP contribution in [0.15, 0.2) is 36.4 Å². The minimum atomic E-state index is 0.313. The van der Waals surface area contributed by atoms with E-state index < -0.39 is 0 Å². The lowest BCUT2D eigenvalue weighted by Gasteiger charge is -2.11. The summed E-state index contributed by atoms with van der Waals surface area (Å²) in [6, 6.07) is 10.5. The highest BCUT2D eigenvalue weighted by molar-refractivity contribution is 6.35. The number of methoxy groups -OCH3 is 1. The van der Waals surface area contributed by atoms with Crippen LogP contribution in [0.4, 0.5) is 5.69 Å². The van der Waals surface area contributed by atoms with Crippen LogP contribution >= 0.6 is 23.2 Å². The number of anilines is 1. The quantitative estimate of drug-likeness (QED) is 0.862. The van der Waals surface area contributed by atoms with Crippen molar-refractivity contribution in [3.63, 3.8) is 0 Å². The lowest BCUT2D eigenvalue weighted by molar-refractivity contribution is 0.305. The van der Waals surface area contributed by atoms with E-state index >= 15 is 0 Å². The number of hydrogen-bond donors (Lipinski definition) is 1. The van der Waals surface area contributed by atoms with Gasteiger partial charge in [0.05, 0.1) is 12.8 Å². The SMILES string of the molecule is COc1ccc(N)c(OCc2ccc(Cl)cc2Cl)c1. The fourth-order valence-corrected chi connectivity index (χ4v) is 2.02. The van der Waals surface area contributed by atoms with Gasteiger partial charge in [-0.3, -0.25) is 0 Å². The predicted molar refractivity (Wildman–Crippen MR) is 78.2 cm³/mol. The molecule has 3 nitrogen and oxygen atoms in total. The van der Waals surface area contributed by atoms with Crippen LogP contribution in [0.5, 0.6) is 11.5 Å². The summed E-state index contributed by atoms with van der Waals surface area (Å²) in [6.45, 7) is 0.313. The largest absolute Gasteiger partial charge is 0.497 e. The molecular formula is C14H13Cl2NO2. The van der Waals surface area contributed by atoms with Crippen molar-refractivity contribution in [3.05, 3.63) is 52.0 Å². The third-order valence-corrected chi connectivity index (χ3v) is 3.21. The van der Waals surface area contributed by atoms with Gasteiger partial charge in [-0.15, -0.1) is 0 Å². The molecule has 0 atom stereocenters. The molecule has 0 amide bonds. The molecule has 2 N–H and O–H groups in total. The fourth-order valence-electron chi connectivity index (χ4n) is 1.56. The number of nitrogen functional groups attached to an aromatic ring is 1. The maximum absolute atomic E-state index is 6.07. The van der Waals surface area contributed by atoms with Gasteiger partial charge in [0, 0.05) is 21.7 Å². The maximum atomic E-state index is 6.07. The summed E-state index contributed by atoms with van der Waals surface area (Å²) in [5.74, 6) is 1.25.